The third-order valence-corrected chi connectivity index (χ3v) is 3.25. The van der Waals surface area contributed by atoms with Crippen molar-refractivity contribution in [3.8, 4) is 0 Å². The Morgan fingerprint density at radius 2 is 2.00 bits per heavy atom. The molecule has 6 heteroatoms. The van der Waals surface area contributed by atoms with E-state index in [1.807, 2.05) is 0 Å². The van der Waals surface area contributed by atoms with Crippen molar-refractivity contribution in [2.24, 2.45) is 0 Å². The Hall–Kier alpha value is -0.780. The molecule has 0 aromatic carbocycles. The summed E-state index contributed by atoms with van der Waals surface area (Å²) >= 11 is 1.02. The number of rotatable bonds is 2. The van der Waals surface area contributed by atoms with Crippen molar-refractivity contribution >= 4 is 16.5 Å². The van der Waals surface area contributed by atoms with Crippen LogP contribution in [-0.4, -0.2) is 11.0 Å². The summed E-state index contributed by atoms with van der Waals surface area (Å²) in [6, 6.07) is 0.303. The summed E-state index contributed by atoms with van der Waals surface area (Å²) in [4.78, 5) is 3.53. The lowest BCUT2D eigenvalue weighted by molar-refractivity contribution is -0.140. The number of nitrogens with zero attached hydrogens (tertiary/aromatic N) is 1. The summed E-state index contributed by atoms with van der Waals surface area (Å²) in [6.07, 6.45) is 0.0261. The number of alkyl halides is 3. The molecule has 0 spiro atoms. The molecule has 0 atom stereocenters. The minimum absolute atomic E-state index is 0.303. The van der Waals surface area contributed by atoms with Gasteiger partial charge in [0.2, 0.25) is 0 Å². The highest BCUT2D eigenvalue weighted by Crippen LogP contribution is 2.32. The molecule has 1 aromatic rings. The average molecular weight is 236 g/mol. The quantitative estimate of drug-likeness (QED) is 0.849. The second-order valence-electron chi connectivity index (χ2n) is 3.66. The van der Waals surface area contributed by atoms with E-state index in [1.165, 1.54) is 0 Å². The van der Waals surface area contributed by atoms with Crippen molar-refractivity contribution in [3.05, 3.63) is 11.1 Å². The van der Waals surface area contributed by atoms with Crippen molar-refractivity contribution in [3.63, 3.8) is 0 Å². The predicted molar refractivity (Wildman–Crippen MR) is 53.0 cm³/mol. The summed E-state index contributed by atoms with van der Waals surface area (Å²) in [5.74, 6) is 0. The zero-order valence-electron chi connectivity index (χ0n) is 7.97. The Balaban J connectivity index is 2.00. The highest BCUT2D eigenvalue weighted by molar-refractivity contribution is 7.13. The van der Waals surface area contributed by atoms with Gasteiger partial charge in [-0.2, -0.15) is 13.2 Å². The van der Waals surface area contributed by atoms with Gasteiger partial charge >= 0.3 is 6.18 Å². The lowest BCUT2D eigenvalue weighted by atomic mass is 10.3. The molecule has 0 saturated heterocycles. The lowest BCUT2D eigenvalue weighted by Crippen LogP contribution is -2.14. The second kappa shape index (κ2) is 4.00. The number of aromatic nitrogens is 1. The molecule has 1 aliphatic rings. The van der Waals surface area contributed by atoms with Gasteiger partial charge in [-0.05, 0) is 12.8 Å². The number of halogens is 3. The highest BCUT2D eigenvalue weighted by Gasteiger charge is 2.34. The smallest absolute Gasteiger partial charge is 0.359 e. The van der Waals surface area contributed by atoms with Crippen LogP contribution in [0.4, 0.5) is 18.3 Å². The van der Waals surface area contributed by atoms with Gasteiger partial charge in [0.05, 0.1) is 0 Å². The van der Waals surface area contributed by atoms with E-state index in [9.17, 15) is 13.2 Å². The van der Waals surface area contributed by atoms with E-state index in [4.69, 9.17) is 0 Å². The van der Waals surface area contributed by atoms with Crippen molar-refractivity contribution in [1.29, 1.82) is 0 Å². The molecule has 84 valence electrons. The van der Waals surface area contributed by atoms with Crippen LogP contribution in [0.2, 0.25) is 0 Å². The fraction of sp³-hybridized carbons (Fsp3) is 0.667. The van der Waals surface area contributed by atoms with E-state index < -0.39 is 11.9 Å². The van der Waals surface area contributed by atoms with Crippen LogP contribution in [0.5, 0.6) is 0 Å². The molecule has 1 fully saturated rings. The van der Waals surface area contributed by atoms with E-state index in [2.05, 4.69) is 10.3 Å². The Bertz CT molecular complexity index is 328. The monoisotopic (exact) mass is 236 g/mol. The van der Waals surface area contributed by atoms with Crippen molar-refractivity contribution < 1.29 is 13.2 Å². The van der Waals surface area contributed by atoms with E-state index >= 15 is 0 Å². The fourth-order valence-electron chi connectivity index (χ4n) is 1.72. The topological polar surface area (TPSA) is 24.9 Å². The number of hydrogen-bond donors (Lipinski definition) is 1. The minimum Gasteiger partial charge on any atom is -0.359 e. The minimum atomic E-state index is -4.33. The van der Waals surface area contributed by atoms with Crippen LogP contribution in [0, 0.1) is 0 Å². The number of hydrogen-bond acceptors (Lipinski definition) is 3. The van der Waals surface area contributed by atoms with Gasteiger partial charge in [0.1, 0.15) is 0 Å². The van der Waals surface area contributed by atoms with Gasteiger partial charge in [0.25, 0.3) is 0 Å². The molecule has 2 nitrogen and oxygen atoms in total. The first-order valence-electron chi connectivity index (χ1n) is 4.85. The van der Waals surface area contributed by atoms with Gasteiger partial charge in [0.15, 0.2) is 10.8 Å². The Morgan fingerprint density at radius 3 is 2.53 bits per heavy atom. The van der Waals surface area contributed by atoms with E-state index in [1.54, 1.807) is 0 Å². The van der Waals surface area contributed by atoms with Crippen molar-refractivity contribution in [1.82, 2.24) is 4.98 Å². The SMILES string of the molecule is FC(F)(F)c1csc(NC2CCCC2)n1. The van der Waals surface area contributed by atoms with Crippen LogP contribution >= 0.6 is 11.3 Å². The molecule has 0 bridgehead atoms. The standard InChI is InChI=1S/C9H11F3N2S/c10-9(11,12)7-5-15-8(14-7)13-6-3-1-2-4-6/h5-6H,1-4H2,(H,13,14). The first-order chi connectivity index (χ1) is 7.05. The lowest BCUT2D eigenvalue weighted by Gasteiger charge is -2.09. The molecular weight excluding hydrogens is 225 g/mol. The Labute approximate surface area is 89.5 Å². The summed E-state index contributed by atoms with van der Waals surface area (Å²) in [7, 11) is 0. The van der Waals surface area contributed by atoms with Gasteiger partial charge in [-0.1, -0.05) is 12.8 Å². The molecule has 1 aliphatic carbocycles. The van der Waals surface area contributed by atoms with Gasteiger partial charge in [-0.15, -0.1) is 11.3 Å². The number of anilines is 1. The van der Waals surface area contributed by atoms with E-state index in [0.29, 0.717) is 11.2 Å². The molecular formula is C9H11F3N2S. The zero-order valence-corrected chi connectivity index (χ0v) is 8.79. The fourth-order valence-corrected chi connectivity index (χ4v) is 2.51. The molecule has 0 radical (unpaired) electrons. The average Bonchev–Trinajstić information content (AvgIpc) is 2.73. The van der Waals surface area contributed by atoms with Crippen LogP contribution in [0.15, 0.2) is 5.38 Å². The predicted octanol–water partition coefficient (Wildman–Crippen LogP) is 3.52. The number of thiazole rings is 1. The van der Waals surface area contributed by atoms with Gasteiger partial charge in [-0.25, -0.2) is 4.98 Å². The van der Waals surface area contributed by atoms with Crippen molar-refractivity contribution in [2.75, 3.05) is 5.32 Å². The molecule has 1 saturated carbocycles. The summed E-state index contributed by atoms with van der Waals surface area (Å²) < 4.78 is 36.7. The second-order valence-corrected chi connectivity index (χ2v) is 4.52. The largest absolute Gasteiger partial charge is 0.434 e. The van der Waals surface area contributed by atoms with Crippen LogP contribution < -0.4 is 5.32 Å². The van der Waals surface area contributed by atoms with Crippen molar-refractivity contribution in [2.45, 2.75) is 37.9 Å². The maximum atomic E-state index is 12.2. The maximum absolute atomic E-state index is 12.2. The molecule has 1 heterocycles. The third-order valence-electron chi connectivity index (χ3n) is 2.48. The molecule has 0 amide bonds. The third kappa shape index (κ3) is 2.62. The molecule has 1 aromatic heterocycles. The summed E-state index contributed by atoms with van der Waals surface area (Å²) in [5.41, 5.74) is -0.798. The Kier molecular flexibility index (Phi) is 2.86. The molecule has 15 heavy (non-hydrogen) atoms. The molecule has 1 N–H and O–H groups in total. The highest BCUT2D eigenvalue weighted by atomic mass is 32.1. The van der Waals surface area contributed by atoms with E-state index in [0.717, 1.165) is 42.4 Å². The molecule has 2 rings (SSSR count). The van der Waals surface area contributed by atoms with Crippen LogP contribution in [-0.2, 0) is 6.18 Å². The first kappa shape index (κ1) is 10.7. The van der Waals surface area contributed by atoms with Crippen LogP contribution in [0.3, 0.4) is 0 Å². The maximum Gasteiger partial charge on any atom is 0.434 e. The van der Waals surface area contributed by atoms with Crippen LogP contribution in [0.1, 0.15) is 31.4 Å². The number of nitrogens with one attached hydrogen (secondary N) is 1. The van der Waals surface area contributed by atoms with Gasteiger partial charge in [0, 0.05) is 11.4 Å². The van der Waals surface area contributed by atoms with Crippen LogP contribution in [0.25, 0.3) is 0 Å². The zero-order chi connectivity index (χ0) is 10.9. The normalized spacial score (nSPS) is 18.3. The summed E-state index contributed by atoms with van der Waals surface area (Å²) in [5, 5.41) is 4.48. The van der Waals surface area contributed by atoms with Gasteiger partial charge < -0.3 is 5.32 Å². The first-order valence-corrected chi connectivity index (χ1v) is 5.73. The van der Waals surface area contributed by atoms with Gasteiger partial charge in [-0.3, -0.25) is 0 Å². The summed E-state index contributed by atoms with van der Waals surface area (Å²) in [6.45, 7) is 0. The molecule has 0 aliphatic heterocycles. The molecule has 0 unspecified atom stereocenters. The Morgan fingerprint density at radius 1 is 1.33 bits per heavy atom. The van der Waals surface area contributed by atoms with E-state index in [-0.39, 0.29) is 0 Å².